The second kappa shape index (κ2) is 5.16. The first-order chi connectivity index (χ1) is 9.22. The molecule has 2 atom stereocenters. The normalized spacial score (nSPS) is 26.8. The highest BCUT2D eigenvalue weighted by molar-refractivity contribution is 5.51. The molecule has 1 aliphatic heterocycles. The van der Waals surface area contributed by atoms with Crippen LogP contribution >= 0.6 is 0 Å². The zero-order chi connectivity index (χ0) is 13.4. The molecule has 1 N–H and O–H groups in total. The van der Waals surface area contributed by atoms with Crippen LogP contribution in [-0.2, 0) is 13.6 Å². The zero-order valence-corrected chi connectivity index (χ0v) is 12.4. The minimum atomic E-state index is 0.763. The van der Waals surface area contributed by atoms with Gasteiger partial charge in [-0.05, 0) is 45.6 Å². The van der Waals surface area contributed by atoms with Crippen LogP contribution in [0.5, 0.6) is 0 Å². The minimum absolute atomic E-state index is 0.763. The largest absolute Gasteiger partial charge is 0.353 e. The predicted octanol–water partition coefficient (Wildman–Crippen LogP) is 2.22. The molecule has 0 spiro atoms. The van der Waals surface area contributed by atoms with Crippen LogP contribution in [0, 0.1) is 12.8 Å². The lowest BCUT2D eigenvalue weighted by molar-refractivity contribution is 0.357. The molecular weight excluding hydrogens is 236 g/mol. The smallest absolute Gasteiger partial charge is 0.131 e. The van der Waals surface area contributed by atoms with Crippen molar-refractivity contribution < 1.29 is 0 Å². The van der Waals surface area contributed by atoms with E-state index < -0.39 is 0 Å². The molecule has 1 aromatic rings. The molecule has 1 saturated carbocycles. The van der Waals surface area contributed by atoms with Crippen LogP contribution < -0.4 is 10.2 Å². The van der Waals surface area contributed by atoms with E-state index in [-0.39, 0.29) is 0 Å². The summed E-state index contributed by atoms with van der Waals surface area (Å²) in [6, 6.07) is 0.763. The van der Waals surface area contributed by atoms with Gasteiger partial charge in [-0.25, -0.2) is 0 Å². The fraction of sp³-hybridized carbons (Fsp3) is 0.800. The van der Waals surface area contributed by atoms with Crippen molar-refractivity contribution >= 4 is 5.82 Å². The van der Waals surface area contributed by atoms with Crippen molar-refractivity contribution in [2.45, 2.75) is 51.6 Å². The molecule has 0 bridgehead atoms. The van der Waals surface area contributed by atoms with Gasteiger partial charge >= 0.3 is 0 Å². The molecule has 2 fully saturated rings. The third-order valence-corrected chi connectivity index (χ3v) is 4.93. The van der Waals surface area contributed by atoms with Crippen LogP contribution in [-0.4, -0.2) is 29.4 Å². The lowest BCUT2D eigenvalue weighted by atomic mass is 9.91. The van der Waals surface area contributed by atoms with E-state index in [2.05, 4.69) is 34.0 Å². The standard InChI is InChI=1S/C15H26N4/c1-11-13(10-16-2)15(18(3)17-11)19-9-5-7-12-6-4-8-14(12)19/h12,14,16H,4-10H2,1-3H3. The number of aromatic nitrogens is 2. The lowest BCUT2D eigenvalue weighted by Crippen LogP contribution is -2.44. The summed E-state index contributed by atoms with van der Waals surface area (Å²) in [4.78, 5) is 2.66. The quantitative estimate of drug-likeness (QED) is 0.906. The summed E-state index contributed by atoms with van der Waals surface area (Å²) in [5, 5.41) is 7.95. The van der Waals surface area contributed by atoms with Crippen LogP contribution in [0.15, 0.2) is 0 Å². The number of fused-ring (bicyclic) bond motifs is 1. The Morgan fingerprint density at radius 3 is 2.84 bits per heavy atom. The Kier molecular flexibility index (Phi) is 3.52. The van der Waals surface area contributed by atoms with E-state index in [4.69, 9.17) is 0 Å². The van der Waals surface area contributed by atoms with Gasteiger partial charge in [0.05, 0.1) is 5.69 Å². The summed E-state index contributed by atoms with van der Waals surface area (Å²) < 4.78 is 2.10. The highest BCUT2D eigenvalue weighted by Gasteiger charge is 2.37. The van der Waals surface area contributed by atoms with Crippen molar-refractivity contribution in [2.24, 2.45) is 13.0 Å². The van der Waals surface area contributed by atoms with Gasteiger partial charge in [-0.3, -0.25) is 4.68 Å². The molecule has 0 radical (unpaired) electrons. The van der Waals surface area contributed by atoms with Gasteiger partial charge in [-0.1, -0.05) is 6.42 Å². The van der Waals surface area contributed by atoms with Crippen molar-refractivity contribution in [1.29, 1.82) is 0 Å². The van der Waals surface area contributed by atoms with Gasteiger partial charge in [-0.2, -0.15) is 5.10 Å². The summed E-state index contributed by atoms with van der Waals surface area (Å²) in [5.74, 6) is 2.29. The van der Waals surface area contributed by atoms with E-state index in [0.29, 0.717) is 0 Å². The minimum Gasteiger partial charge on any atom is -0.353 e. The molecule has 0 aromatic carbocycles. The lowest BCUT2D eigenvalue weighted by Gasteiger charge is -2.39. The highest BCUT2D eigenvalue weighted by atomic mass is 15.4. The summed E-state index contributed by atoms with van der Waals surface area (Å²) in [6.45, 7) is 4.26. The molecule has 3 rings (SSSR count). The zero-order valence-electron chi connectivity index (χ0n) is 12.4. The second-order valence-electron chi connectivity index (χ2n) is 6.14. The number of nitrogens with one attached hydrogen (secondary N) is 1. The van der Waals surface area contributed by atoms with Crippen LogP contribution in [0.3, 0.4) is 0 Å². The van der Waals surface area contributed by atoms with Gasteiger partial charge < -0.3 is 10.2 Å². The van der Waals surface area contributed by atoms with Crippen molar-refractivity contribution in [3.63, 3.8) is 0 Å². The molecule has 0 amide bonds. The number of aryl methyl sites for hydroxylation is 2. The first-order valence-electron chi connectivity index (χ1n) is 7.66. The van der Waals surface area contributed by atoms with E-state index in [9.17, 15) is 0 Å². The maximum absolute atomic E-state index is 4.65. The molecule has 2 aliphatic rings. The first kappa shape index (κ1) is 13.0. The van der Waals surface area contributed by atoms with E-state index in [0.717, 1.165) is 18.5 Å². The van der Waals surface area contributed by atoms with Gasteiger partial charge in [-0.15, -0.1) is 0 Å². The SMILES string of the molecule is CNCc1c(C)nn(C)c1N1CCCC2CCCC21. The molecule has 2 unspecified atom stereocenters. The summed E-state index contributed by atoms with van der Waals surface area (Å²) in [5.41, 5.74) is 2.56. The molecule has 1 aromatic heterocycles. The van der Waals surface area contributed by atoms with Crippen LogP contribution in [0.1, 0.15) is 43.4 Å². The average Bonchev–Trinajstić information content (AvgIpc) is 2.95. The third-order valence-electron chi connectivity index (χ3n) is 4.93. The Balaban J connectivity index is 1.96. The number of hydrogen-bond acceptors (Lipinski definition) is 3. The van der Waals surface area contributed by atoms with Crippen molar-refractivity contribution in [3.05, 3.63) is 11.3 Å². The number of nitrogens with zero attached hydrogens (tertiary/aromatic N) is 3. The second-order valence-corrected chi connectivity index (χ2v) is 6.14. The Hall–Kier alpha value is -1.03. The van der Waals surface area contributed by atoms with E-state index in [1.165, 1.54) is 55.7 Å². The fourth-order valence-electron chi connectivity index (χ4n) is 4.15. The van der Waals surface area contributed by atoms with Crippen molar-refractivity contribution in [2.75, 3.05) is 18.5 Å². The van der Waals surface area contributed by atoms with Gasteiger partial charge in [0.15, 0.2) is 0 Å². The van der Waals surface area contributed by atoms with Crippen molar-refractivity contribution in [1.82, 2.24) is 15.1 Å². The summed E-state index contributed by atoms with van der Waals surface area (Å²) >= 11 is 0. The number of anilines is 1. The van der Waals surface area contributed by atoms with Crippen LogP contribution in [0.4, 0.5) is 5.82 Å². The number of piperidine rings is 1. The maximum atomic E-state index is 4.65. The van der Waals surface area contributed by atoms with Crippen molar-refractivity contribution in [3.8, 4) is 0 Å². The van der Waals surface area contributed by atoms with Crippen LogP contribution in [0.25, 0.3) is 0 Å². The molecule has 2 heterocycles. The Morgan fingerprint density at radius 1 is 1.26 bits per heavy atom. The maximum Gasteiger partial charge on any atom is 0.131 e. The monoisotopic (exact) mass is 262 g/mol. The van der Waals surface area contributed by atoms with Crippen LogP contribution in [0.2, 0.25) is 0 Å². The van der Waals surface area contributed by atoms with E-state index in [1.54, 1.807) is 0 Å². The topological polar surface area (TPSA) is 33.1 Å². The molecule has 4 heteroatoms. The average molecular weight is 262 g/mol. The first-order valence-corrected chi connectivity index (χ1v) is 7.66. The molecule has 106 valence electrons. The molecule has 4 nitrogen and oxygen atoms in total. The number of hydrogen-bond donors (Lipinski definition) is 1. The van der Waals surface area contributed by atoms with E-state index >= 15 is 0 Å². The predicted molar refractivity (Wildman–Crippen MR) is 78.4 cm³/mol. The van der Waals surface area contributed by atoms with Gasteiger partial charge in [0, 0.05) is 31.7 Å². The summed E-state index contributed by atoms with van der Waals surface area (Å²) in [7, 11) is 4.12. The molecule has 1 saturated heterocycles. The van der Waals surface area contributed by atoms with E-state index in [1.807, 2.05) is 7.05 Å². The van der Waals surface area contributed by atoms with Gasteiger partial charge in [0.2, 0.25) is 0 Å². The molecule has 1 aliphatic carbocycles. The van der Waals surface area contributed by atoms with Gasteiger partial charge in [0.25, 0.3) is 0 Å². The number of rotatable bonds is 3. The van der Waals surface area contributed by atoms with Gasteiger partial charge in [0.1, 0.15) is 5.82 Å². The Morgan fingerprint density at radius 2 is 2.05 bits per heavy atom. The molecule has 19 heavy (non-hydrogen) atoms. The Labute approximate surface area is 116 Å². The third kappa shape index (κ3) is 2.16. The highest BCUT2D eigenvalue weighted by Crippen LogP contribution is 2.40. The Bertz CT molecular complexity index is 451. The molecular formula is C15H26N4. The summed E-state index contributed by atoms with van der Waals surface area (Å²) in [6.07, 6.45) is 6.97. The fourth-order valence-corrected chi connectivity index (χ4v) is 4.15.